The van der Waals surface area contributed by atoms with Crippen LogP contribution in [0.25, 0.3) is 0 Å². The van der Waals surface area contributed by atoms with Crippen LogP contribution < -0.4 is 10.6 Å². The van der Waals surface area contributed by atoms with Crippen LogP contribution in [0.5, 0.6) is 5.75 Å². The smallest absolute Gasteiger partial charge is 0.190 e. The van der Waals surface area contributed by atoms with E-state index >= 15 is 0 Å². The fraction of sp³-hybridized carbons (Fsp3) is 0.409. The Kier molecular flexibility index (Phi) is 12.3. The van der Waals surface area contributed by atoms with Gasteiger partial charge in [0.1, 0.15) is 5.75 Å². The molecule has 0 bridgehead atoms. The van der Waals surface area contributed by atoms with Crippen molar-refractivity contribution in [2.24, 2.45) is 4.99 Å². The number of aryl methyl sites for hydroxylation is 1. The second-order valence-electron chi connectivity index (χ2n) is 6.47. The Morgan fingerprint density at radius 2 is 1.64 bits per heavy atom. The minimum absolute atomic E-state index is 0. The molecule has 0 heterocycles. The molecular formula is C22H32IN3O2. The number of rotatable bonds is 10. The first-order valence-corrected chi connectivity index (χ1v) is 9.58. The third kappa shape index (κ3) is 9.41. The third-order valence-electron chi connectivity index (χ3n) is 4.35. The first kappa shape index (κ1) is 24.2. The van der Waals surface area contributed by atoms with Crippen molar-refractivity contribution in [2.75, 3.05) is 26.7 Å². The number of hydrogen-bond donors (Lipinski definition) is 3. The Balaban J connectivity index is 0.00000392. The lowest BCUT2D eigenvalue weighted by Gasteiger charge is -2.15. The van der Waals surface area contributed by atoms with E-state index in [9.17, 15) is 5.11 Å². The number of aliphatic imine (C=N–C) groups is 1. The number of halogens is 1. The van der Waals surface area contributed by atoms with Gasteiger partial charge in [-0.2, -0.15) is 0 Å². The summed E-state index contributed by atoms with van der Waals surface area (Å²) in [6.07, 6.45) is 3.01. The molecule has 2 aromatic rings. The SMILES string of the molecule is CN=C(NCCCOC(C)c1ccccc1)NCCCc1ccc(O)cc1.I. The van der Waals surface area contributed by atoms with E-state index < -0.39 is 0 Å². The van der Waals surface area contributed by atoms with E-state index in [0.29, 0.717) is 12.4 Å². The number of nitrogens with zero attached hydrogens (tertiary/aromatic N) is 1. The molecule has 0 saturated heterocycles. The van der Waals surface area contributed by atoms with Crippen LogP contribution in [0, 0.1) is 0 Å². The highest BCUT2D eigenvalue weighted by Crippen LogP contribution is 2.15. The number of phenolic OH excluding ortho intramolecular Hbond substituents is 1. The molecule has 6 heteroatoms. The van der Waals surface area contributed by atoms with Gasteiger partial charge in [0, 0.05) is 26.7 Å². The quantitative estimate of drug-likeness (QED) is 0.199. The minimum atomic E-state index is 0. The molecule has 0 aliphatic rings. The molecule has 0 spiro atoms. The van der Waals surface area contributed by atoms with Gasteiger partial charge in [-0.1, -0.05) is 42.5 Å². The molecule has 0 saturated carbocycles. The molecule has 2 rings (SSSR count). The van der Waals surface area contributed by atoms with Crippen molar-refractivity contribution >= 4 is 29.9 Å². The summed E-state index contributed by atoms with van der Waals surface area (Å²) in [5.41, 5.74) is 2.43. The molecular weight excluding hydrogens is 465 g/mol. The number of hydrogen-bond acceptors (Lipinski definition) is 3. The maximum atomic E-state index is 9.30. The summed E-state index contributed by atoms with van der Waals surface area (Å²) < 4.78 is 5.88. The Morgan fingerprint density at radius 3 is 2.29 bits per heavy atom. The monoisotopic (exact) mass is 497 g/mol. The van der Waals surface area contributed by atoms with Gasteiger partial charge >= 0.3 is 0 Å². The van der Waals surface area contributed by atoms with Gasteiger partial charge in [-0.3, -0.25) is 4.99 Å². The molecule has 0 aromatic heterocycles. The van der Waals surface area contributed by atoms with Gasteiger partial charge in [0.2, 0.25) is 0 Å². The number of aromatic hydroxyl groups is 1. The average Bonchev–Trinajstić information content (AvgIpc) is 2.71. The number of guanidine groups is 1. The van der Waals surface area contributed by atoms with Crippen molar-refractivity contribution in [2.45, 2.75) is 32.3 Å². The summed E-state index contributed by atoms with van der Waals surface area (Å²) >= 11 is 0. The molecule has 0 fully saturated rings. The van der Waals surface area contributed by atoms with Crippen LogP contribution >= 0.6 is 24.0 Å². The molecule has 2 aromatic carbocycles. The summed E-state index contributed by atoms with van der Waals surface area (Å²) in [6, 6.07) is 17.6. The molecule has 0 radical (unpaired) electrons. The maximum Gasteiger partial charge on any atom is 0.190 e. The number of nitrogens with one attached hydrogen (secondary N) is 2. The lowest BCUT2D eigenvalue weighted by atomic mass is 10.1. The van der Waals surface area contributed by atoms with E-state index in [1.165, 1.54) is 11.1 Å². The van der Waals surface area contributed by atoms with Crippen molar-refractivity contribution < 1.29 is 9.84 Å². The second-order valence-corrected chi connectivity index (χ2v) is 6.47. The summed E-state index contributed by atoms with van der Waals surface area (Å²) in [6.45, 7) is 4.46. The summed E-state index contributed by atoms with van der Waals surface area (Å²) in [4.78, 5) is 4.25. The Labute approximate surface area is 185 Å². The van der Waals surface area contributed by atoms with Crippen LogP contribution in [-0.2, 0) is 11.2 Å². The number of ether oxygens (including phenoxy) is 1. The Bertz CT molecular complexity index is 678. The standard InChI is InChI=1S/C22H31N3O2.HI/c1-18(20-9-4-3-5-10-20)27-17-7-16-25-22(23-2)24-15-6-8-19-11-13-21(26)14-12-19;/h3-5,9-14,18,26H,6-8,15-17H2,1-2H3,(H2,23,24,25);1H. The van der Waals surface area contributed by atoms with E-state index in [2.05, 4.69) is 34.7 Å². The van der Waals surface area contributed by atoms with Gasteiger partial charge in [0.15, 0.2) is 5.96 Å². The first-order valence-electron chi connectivity index (χ1n) is 9.58. The zero-order valence-corrected chi connectivity index (χ0v) is 19.1. The van der Waals surface area contributed by atoms with Gasteiger partial charge in [0.05, 0.1) is 6.10 Å². The van der Waals surface area contributed by atoms with Crippen molar-refractivity contribution in [1.82, 2.24) is 10.6 Å². The average molecular weight is 497 g/mol. The second kappa shape index (κ2) is 14.2. The summed E-state index contributed by atoms with van der Waals surface area (Å²) in [7, 11) is 1.78. The predicted molar refractivity (Wildman–Crippen MR) is 127 cm³/mol. The molecule has 0 amide bonds. The van der Waals surface area contributed by atoms with Crippen LogP contribution in [0.1, 0.15) is 37.0 Å². The minimum Gasteiger partial charge on any atom is -0.508 e. The normalized spacial score (nSPS) is 12.1. The van der Waals surface area contributed by atoms with Crippen molar-refractivity contribution in [3.63, 3.8) is 0 Å². The van der Waals surface area contributed by atoms with Crippen LogP contribution in [0.2, 0.25) is 0 Å². The van der Waals surface area contributed by atoms with E-state index in [4.69, 9.17) is 4.74 Å². The van der Waals surface area contributed by atoms with Gasteiger partial charge in [-0.25, -0.2) is 0 Å². The molecule has 1 atom stereocenters. The molecule has 1 unspecified atom stereocenters. The fourth-order valence-electron chi connectivity index (χ4n) is 2.74. The van der Waals surface area contributed by atoms with Crippen LogP contribution in [0.15, 0.2) is 59.6 Å². The number of phenols is 1. The molecule has 5 nitrogen and oxygen atoms in total. The van der Waals surface area contributed by atoms with E-state index in [1.807, 2.05) is 30.3 Å². The molecule has 0 aliphatic heterocycles. The highest BCUT2D eigenvalue weighted by atomic mass is 127. The van der Waals surface area contributed by atoms with Gasteiger partial charge in [-0.15, -0.1) is 24.0 Å². The van der Waals surface area contributed by atoms with Crippen LogP contribution in [0.3, 0.4) is 0 Å². The van der Waals surface area contributed by atoms with Crippen molar-refractivity contribution in [1.29, 1.82) is 0 Å². The van der Waals surface area contributed by atoms with Crippen molar-refractivity contribution in [3.8, 4) is 5.75 Å². The van der Waals surface area contributed by atoms with Gasteiger partial charge < -0.3 is 20.5 Å². The molecule has 154 valence electrons. The molecule has 3 N–H and O–H groups in total. The Morgan fingerprint density at radius 1 is 1.00 bits per heavy atom. The summed E-state index contributed by atoms with van der Waals surface area (Å²) in [5, 5.41) is 15.9. The molecule has 0 aliphatic carbocycles. The van der Waals surface area contributed by atoms with Gasteiger partial charge in [-0.05, 0) is 49.4 Å². The number of benzene rings is 2. The Hall–Kier alpha value is -1.80. The maximum absolute atomic E-state index is 9.30. The van der Waals surface area contributed by atoms with E-state index in [0.717, 1.165) is 38.3 Å². The largest absolute Gasteiger partial charge is 0.508 e. The zero-order valence-electron chi connectivity index (χ0n) is 16.7. The topological polar surface area (TPSA) is 65.9 Å². The van der Waals surface area contributed by atoms with Crippen molar-refractivity contribution in [3.05, 3.63) is 65.7 Å². The van der Waals surface area contributed by atoms with Crippen LogP contribution in [-0.4, -0.2) is 37.8 Å². The van der Waals surface area contributed by atoms with E-state index in [1.54, 1.807) is 19.2 Å². The first-order chi connectivity index (χ1) is 13.2. The zero-order chi connectivity index (χ0) is 19.3. The molecule has 28 heavy (non-hydrogen) atoms. The predicted octanol–water partition coefficient (Wildman–Crippen LogP) is 4.28. The van der Waals surface area contributed by atoms with Gasteiger partial charge in [0.25, 0.3) is 0 Å². The fourth-order valence-corrected chi connectivity index (χ4v) is 2.74. The summed E-state index contributed by atoms with van der Waals surface area (Å²) in [5.74, 6) is 1.13. The lowest BCUT2D eigenvalue weighted by Crippen LogP contribution is -2.38. The van der Waals surface area contributed by atoms with Crippen LogP contribution in [0.4, 0.5) is 0 Å². The lowest BCUT2D eigenvalue weighted by molar-refractivity contribution is 0.0646. The van der Waals surface area contributed by atoms with E-state index in [-0.39, 0.29) is 30.1 Å². The highest BCUT2D eigenvalue weighted by Gasteiger charge is 2.04. The highest BCUT2D eigenvalue weighted by molar-refractivity contribution is 14.0. The third-order valence-corrected chi connectivity index (χ3v) is 4.35.